The molecular formula is C21H26N4O2S. The Morgan fingerprint density at radius 2 is 2.04 bits per heavy atom. The summed E-state index contributed by atoms with van der Waals surface area (Å²) in [5.74, 6) is -0.0947. The Labute approximate surface area is 169 Å². The zero-order valence-corrected chi connectivity index (χ0v) is 17.2. The Hall–Kier alpha value is -2.28. The summed E-state index contributed by atoms with van der Waals surface area (Å²) in [4.78, 5) is 29.0. The average Bonchev–Trinajstić information content (AvgIpc) is 3.19. The van der Waals surface area contributed by atoms with Crippen LogP contribution in [0.2, 0.25) is 0 Å². The number of anilines is 1. The van der Waals surface area contributed by atoms with Crippen molar-refractivity contribution in [3.63, 3.8) is 0 Å². The third kappa shape index (κ3) is 3.21. The Kier molecular flexibility index (Phi) is 5.19. The molecule has 1 fully saturated rings. The lowest BCUT2D eigenvalue weighted by Gasteiger charge is -2.54. The summed E-state index contributed by atoms with van der Waals surface area (Å²) >= 11 is 1.31. The van der Waals surface area contributed by atoms with Gasteiger partial charge in [0.2, 0.25) is 11.0 Å². The van der Waals surface area contributed by atoms with Gasteiger partial charge in [-0.1, -0.05) is 62.6 Å². The highest BCUT2D eigenvalue weighted by atomic mass is 32.1. The smallest absolute Gasteiger partial charge is 0.254 e. The predicted octanol–water partition coefficient (Wildman–Crippen LogP) is 4.08. The lowest BCUT2D eigenvalue weighted by Crippen LogP contribution is -2.62. The molecule has 1 N–H and O–H groups in total. The second-order valence-electron chi connectivity index (χ2n) is 8.23. The topological polar surface area (TPSA) is 75.2 Å². The number of fused-ring (bicyclic) bond motifs is 1. The van der Waals surface area contributed by atoms with E-state index < -0.39 is 11.5 Å². The molecule has 6 nitrogen and oxygen atoms in total. The molecular weight excluding hydrogens is 372 g/mol. The van der Waals surface area contributed by atoms with Crippen LogP contribution in [0.3, 0.4) is 0 Å². The van der Waals surface area contributed by atoms with E-state index in [1.54, 1.807) is 5.51 Å². The van der Waals surface area contributed by atoms with Crippen LogP contribution in [0.15, 0.2) is 29.8 Å². The summed E-state index contributed by atoms with van der Waals surface area (Å²) in [6.07, 6.45) is 4.93. The Balaban J connectivity index is 1.84. The normalized spacial score (nSPS) is 21.0. The predicted molar refractivity (Wildman–Crippen MR) is 109 cm³/mol. The van der Waals surface area contributed by atoms with E-state index in [-0.39, 0.29) is 11.8 Å². The molecule has 2 aromatic rings. The van der Waals surface area contributed by atoms with Crippen LogP contribution >= 0.6 is 11.3 Å². The van der Waals surface area contributed by atoms with Gasteiger partial charge in [0, 0.05) is 12.1 Å². The van der Waals surface area contributed by atoms with Crippen molar-refractivity contribution in [3.8, 4) is 0 Å². The Bertz CT molecular complexity index is 859. The van der Waals surface area contributed by atoms with Gasteiger partial charge in [-0.05, 0) is 30.4 Å². The molecule has 2 heterocycles. The third-order valence-corrected chi connectivity index (χ3v) is 6.55. The van der Waals surface area contributed by atoms with Gasteiger partial charge >= 0.3 is 0 Å². The SMILES string of the molecule is CC(C)CN1C(=O)c2ccccc2[C@H](C(=O)Nc2nncs2)C12CCCCC2. The zero-order valence-electron chi connectivity index (χ0n) is 16.4. The number of rotatable bonds is 4. The molecule has 28 heavy (non-hydrogen) atoms. The van der Waals surface area contributed by atoms with Crippen molar-refractivity contribution < 1.29 is 9.59 Å². The van der Waals surface area contributed by atoms with Crippen LogP contribution < -0.4 is 5.32 Å². The van der Waals surface area contributed by atoms with Gasteiger partial charge in [-0.15, -0.1) is 10.2 Å². The molecule has 1 saturated carbocycles. The fraction of sp³-hybridized carbons (Fsp3) is 0.524. The number of carbonyl (C=O) groups excluding carboxylic acids is 2. The van der Waals surface area contributed by atoms with Crippen molar-refractivity contribution in [1.82, 2.24) is 15.1 Å². The monoisotopic (exact) mass is 398 g/mol. The molecule has 0 unspecified atom stereocenters. The molecule has 1 atom stereocenters. The first-order valence-electron chi connectivity index (χ1n) is 10.0. The van der Waals surface area contributed by atoms with E-state index in [0.29, 0.717) is 23.2 Å². The minimum absolute atomic E-state index is 0.0613. The molecule has 1 aromatic carbocycles. The van der Waals surface area contributed by atoms with Crippen LogP contribution in [0.5, 0.6) is 0 Å². The van der Waals surface area contributed by atoms with E-state index in [2.05, 4.69) is 29.4 Å². The van der Waals surface area contributed by atoms with Crippen molar-refractivity contribution in [1.29, 1.82) is 0 Å². The Morgan fingerprint density at radius 3 is 2.71 bits per heavy atom. The van der Waals surface area contributed by atoms with Crippen LogP contribution in [0, 0.1) is 5.92 Å². The first-order valence-corrected chi connectivity index (χ1v) is 10.9. The molecule has 0 radical (unpaired) electrons. The van der Waals surface area contributed by atoms with Crippen LogP contribution in [0.4, 0.5) is 5.13 Å². The van der Waals surface area contributed by atoms with Gasteiger partial charge in [0.25, 0.3) is 5.91 Å². The maximum Gasteiger partial charge on any atom is 0.254 e. The molecule has 4 rings (SSSR count). The molecule has 1 aliphatic carbocycles. The fourth-order valence-electron chi connectivity index (χ4n) is 4.88. The molecule has 0 saturated heterocycles. The van der Waals surface area contributed by atoms with Gasteiger partial charge in [0.05, 0.1) is 11.5 Å². The summed E-state index contributed by atoms with van der Waals surface area (Å²) < 4.78 is 0. The van der Waals surface area contributed by atoms with Crippen molar-refractivity contribution in [2.75, 3.05) is 11.9 Å². The van der Waals surface area contributed by atoms with E-state index in [1.807, 2.05) is 29.2 Å². The van der Waals surface area contributed by atoms with Crippen molar-refractivity contribution >= 4 is 28.3 Å². The van der Waals surface area contributed by atoms with Gasteiger partial charge in [-0.2, -0.15) is 0 Å². The van der Waals surface area contributed by atoms with Gasteiger partial charge in [-0.25, -0.2) is 0 Å². The van der Waals surface area contributed by atoms with E-state index in [1.165, 1.54) is 11.3 Å². The van der Waals surface area contributed by atoms with Crippen molar-refractivity contribution in [2.45, 2.75) is 57.4 Å². The van der Waals surface area contributed by atoms with Gasteiger partial charge in [-0.3, -0.25) is 14.9 Å². The molecule has 1 spiro atoms. The number of aromatic nitrogens is 2. The second-order valence-corrected chi connectivity index (χ2v) is 9.06. The fourth-order valence-corrected chi connectivity index (χ4v) is 5.33. The second kappa shape index (κ2) is 7.62. The third-order valence-electron chi connectivity index (χ3n) is 5.94. The zero-order chi connectivity index (χ0) is 19.7. The number of nitrogens with zero attached hydrogens (tertiary/aromatic N) is 3. The number of hydrogen-bond acceptors (Lipinski definition) is 5. The van der Waals surface area contributed by atoms with Crippen molar-refractivity contribution in [3.05, 3.63) is 40.9 Å². The first-order chi connectivity index (χ1) is 13.5. The number of nitrogens with one attached hydrogen (secondary N) is 1. The van der Waals surface area contributed by atoms with Crippen molar-refractivity contribution in [2.24, 2.45) is 5.92 Å². The quantitative estimate of drug-likeness (QED) is 0.842. The van der Waals surface area contributed by atoms with Gasteiger partial charge < -0.3 is 4.90 Å². The number of amides is 2. The van der Waals surface area contributed by atoms with E-state index >= 15 is 0 Å². The summed E-state index contributed by atoms with van der Waals surface area (Å²) in [5.41, 5.74) is 2.63. The molecule has 2 amide bonds. The van der Waals surface area contributed by atoms with Crippen LogP contribution in [-0.4, -0.2) is 39.0 Å². The van der Waals surface area contributed by atoms with Crippen LogP contribution in [0.1, 0.15) is 67.8 Å². The van der Waals surface area contributed by atoms with E-state index in [9.17, 15) is 9.59 Å². The molecule has 2 aliphatic rings. The number of benzene rings is 1. The number of carbonyl (C=O) groups is 2. The van der Waals surface area contributed by atoms with Gasteiger partial charge in [0.15, 0.2) is 0 Å². The van der Waals surface area contributed by atoms with Crippen LogP contribution in [0.25, 0.3) is 0 Å². The molecule has 0 bridgehead atoms. The maximum atomic E-state index is 13.5. The summed E-state index contributed by atoms with van der Waals surface area (Å²) in [7, 11) is 0. The number of hydrogen-bond donors (Lipinski definition) is 1. The minimum Gasteiger partial charge on any atom is -0.332 e. The largest absolute Gasteiger partial charge is 0.332 e. The lowest BCUT2D eigenvalue weighted by atomic mass is 9.65. The lowest BCUT2D eigenvalue weighted by molar-refractivity contribution is -0.122. The maximum absolute atomic E-state index is 13.5. The summed E-state index contributed by atoms with van der Waals surface area (Å²) in [6, 6.07) is 7.60. The molecule has 1 aromatic heterocycles. The minimum atomic E-state index is -0.470. The van der Waals surface area contributed by atoms with Crippen LogP contribution in [-0.2, 0) is 4.79 Å². The molecule has 148 valence electrons. The molecule has 1 aliphatic heterocycles. The standard InChI is InChI=1S/C21H26N4O2S/c1-14(2)12-25-19(27)16-9-5-4-8-15(16)17(21(25)10-6-3-7-11-21)18(26)23-20-24-22-13-28-20/h4-5,8-9,13-14,17H,3,6-7,10-12H2,1-2H3,(H,23,24,26)/t17-/m1/s1. The highest BCUT2D eigenvalue weighted by molar-refractivity contribution is 7.13. The summed E-state index contributed by atoms with van der Waals surface area (Å²) in [6.45, 7) is 4.91. The highest BCUT2D eigenvalue weighted by Gasteiger charge is 2.54. The highest BCUT2D eigenvalue weighted by Crippen LogP contribution is 2.49. The Morgan fingerprint density at radius 1 is 1.29 bits per heavy atom. The van der Waals surface area contributed by atoms with Gasteiger partial charge in [0.1, 0.15) is 5.51 Å². The van der Waals surface area contributed by atoms with E-state index in [4.69, 9.17) is 0 Å². The molecule has 7 heteroatoms. The summed E-state index contributed by atoms with van der Waals surface area (Å²) in [5, 5.41) is 11.3. The van der Waals surface area contributed by atoms with E-state index in [0.717, 1.165) is 37.7 Å². The first kappa shape index (κ1) is 19.1. The average molecular weight is 399 g/mol.